The first-order valence-electron chi connectivity index (χ1n) is 5.81. The molecule has 0 spiro atoms. The summed E-state index contributed by atoms with van der Waals surface area (Å²) >= 11 is 1.67. The Morgan fingerprint density at radius 3 is 2.72 bits per heavy atom. The van der Waals surface area contributed by atoms with Crippen molar-refractivity contribution in [1.29, 1.82) is 0 Å². The predicted molar refractivity (Wildman–Crippen MR) is 77.2 cm³/mol. The summed E-state index contributed by atoms with van der Waals surface area (Å²) in [5.41, 5.74) is 8.05. The molecule has 1 atom stereocenters. The Balaban J connectivity index is 2.72. The number of hydrogen-bond donors (Lipinski definition) is 3. The van der Waals surface area contributed by atoms with E-state index >= 15 is 0 Å². The first kappa shape index (κ1) is 14.9. The fraction of sp³-hybridized carbons (Fsp3) is 0.462. The molecule has 4 N–H and O–H groups in total. The third-order valence-corrected chi connectivity index (χ3v) is 3.41. The molecule has 5 heteroatoms. The van der Waals surface area contributed by atoms with Crippen LogP contribution in [0.2, 0.25) is 0 Å². The van der Waals surface area contributed by atoms with Gasteiger partial charge in [-0.2, -0.15) is 11.8 Å². The SMILES string of the molecule is CSCC[C@H](N)C(=O)Nc1cc(C)c(O)cc1C. The molecule has 1 aromatic carbocycles. The first-order valence-corrected chi connectivity index (χ1v) is 7.20. The summed E-state index contributed by atoms with van der Waals surface area (Å²) in [6.07, 6.45) is 2.64. The summed E-state index contributed by atoms with van der Waals surface area (Å²) < 4.78 is 0. The maximum Gasteiger partial charge on any atom is 0.241 e. The molecule has 0 radical (unpaired) electrons. The molecule has 1 rings (SSSR count). The van der Waals surface area contributed by atoms with Gasteiger partial charge < -0.3 is 16.2 Å². The average Bonchev–Trinajstić information content (AvgIpc) is 2.32. The second-order valence-electron chi connectivity index (χ2n) is 4.33. The number of rotatable bonds is 5. The Morgan fingerprint density at radius 2 is 2.11 bits per heavy atom. The smallest absolute Gasteiger partial charge is 0.241 e. The van der Waals surface area contributed by atoms with Crippen LogP contribution in [0.15, 0.2) is 12.1 Å². The number of nitrogens with one attached hydrogen (secondary N) is 1. The van der Waals surface area contributed by atoms with Crippen LogP contribution in [0.5, 0.6) is 5.75 Å². The molecule has 0 unspecified atom stereocenters. The van der Waals surface area contributed by atoms with E-state index in [0.717, 1.165) is 16.9 Å². The van der Waals surface area contributed by atoms with Crippen molar-refractivity contribution in [3.05, 3.63) is 23.3 Å². The molecule has 1 amide bonds. The number of carbonyl (C=O) groups excluding carboxylic acids is 1. The Labute approximate surface area is 112 Å². The van der Waals surface area contributed by atoms with E-state index in [-0.39, 0.29) is 11.7 Å². The lowest BCUT2D eigenvalue weighted by molar-refractivity contribution is -0.117. The lowest BCUT2D eigenvalue weighted by atomic mass is 10.1. The number of amides is 1. The number of benzene rings is 1. The van der Waals surface area contributed by atoms with E-state index < -0.39 is 6.04 Å². The zero-order valence-electron chi connectivity index (χ0n) is 11.0. The zero-order valence-corrected chi connectivity index (χ0v) is 11.8. The largest absolute Gasteiger partial charge is 0.508 e. The molecule has 4 nitrogen and oxygen atoms in total. The van der Waals surface area contributed by atoms with Gasteiger partial charge in [0, 0.05) is 5.69 Å². The van der Waals surface area contributed by atoms with E-state index in [9.17, 15) is 9.90 Å². The highest BCUT2D eigenvalue weighted by atomic mass is 32.2. The van der Waals surface area contributed by atoms with Gasteiger partial charge in [0.05, 0.1) is 6.04 Å². The molecule has 1 aromatic rings. The quantitative estimate of drug-likeness (QED) is 0.714. The van der Waals surface area contributed by atoms with Crippen molar-refractivity contribution < 1.29 is 9.90 Å². The van der Waals surface area contributed by atoms with Crippen LogP contribution in [0.4, 0.5) is 5.69 Å². The van der Waals surface area contributed by atoms with Crippen molar-refractivity contribution in [3.63, 3.8) is 0 Å². The number of nitrogens with two attached hydrogens (primary N) is 1. The lowest BCUT2D eigenvalue weighted by Gasteiger charge is -2.14. The third kappa shape index (κ3) is 3.92. The monoisotopic (exact) mass is 268 g/mol. The van der Waals surface area contributed by atoms with Crippen molar-refractivity contribution in [2.75, 3.05) is 17.3 Å². The van der Waals surface area contributed by atoms with E-state index in [4.69, 9.17) is 5.73 Å². The maximum atomic E-state index is 11.9. The van der Waals surface area contributed by atoms with Crippen LogP contribution in [0.25, 0.3) is 0 Å². The van der Waals surface area contributed by atoms with E-state index in [0.29, 0.717) is 12.1 Å². The van der Waals surface area contributed by atoms with Gasteiger partial charge in [-0.25, -0.2) is 0 Å². The molecule has 0 aliphatic carbocycles. The van der Waals surface area contributed by atoms with E-state index in [2.05, 4.69) is 5.32 Å². The Morgan fingerprint density at radius 1 is 1.44 bits per heavy atom. The molecular formula is C13H20N2O2S. The van der Waals surface area contributed by atoms with E-state index in [1.54, 1.807) is 30.8 Å². The van der Waals surface area contributed by atoms with E-state index in [1.165, 1.54) is 0 Å². The summed E-state index contributed by atoms with van der Waals surface area (Å²) in [5.74, 6) is 0.914. The Bertz CT molecular complexity index is 435. The number of aromatic hydroxyl groups is 1. The van der Waals surface area contributed by atoms with Crippen molar-refractivity contribution in [1.82, 2.24) is 0 Å². The molecule has 18 heavy (non-hydrogen) atoms. The molecule has 0 bridgehead atoms. The van der Waals surface area contributed by atoms with Gasteiger partial charge in [-0.05, 0) is 55.5 Å². The van der Waals surface area contributed by atoms with Crippen LogP contribution in [0.1, 0.15) is 17.5 Å². The van der Waals surface area contributed by atoms with Crippen molar-refractivity contribution in [2.24, 2.45) is 5.73 Å². The second-order valence-corrected chi connectivity index (χ2v) is 5.32. The molecule has 0 saturated carbocycles. The molecule has 100 valence electrons. The van der Waals surface area contributed by atoms with Crippen molar-refractivity contribution in [3.8, 4) is 5.75 Å². The van der Waals surface area contributed by atoms with Gasteiger partial charge in [0.25, 0.3) is 0 Å². The lowest BCUT2D eigenvalue weighted by Crippen LogP contribution is -2.36. The molecule has 0 aromatic heterocycles. The molecule has 0 fully saturated rings. The molecule has 0 heterocycles. The molecule has 0 aliphatic rings. The minimum Gasteiger partial charge on any atom is -0.508 e. The zero-order chi connectivity index (χ0) is 13.7. The van der Waals surface area contributed by atoms with Gasteiger partial charge in [0.1, 0.15) is 5.75 Å². The number of anilines is 1. The van der Waals surface area contributed by atoms with Crippen molar-refractivity contribution >= 4 is 23.4 Å². The highest BCUT2D eigenvalue weighted by Gasteiger charge is 2.14. The van der Waals surface area contributed by atoms with Gasteiger partial charge >= 0.3 is 0 Å². The van der Waals surface area contributed by atoms with Crippen LogP contribution >= 0.6 is 11.8 Å². The number of thioether (sulfide) groups is 1. The van der Waals surface area contributed by atoms with Crippen LogP contribution in [-0.4, -0.2) is 29.1 Å². The van der Waals surface area contributed by atoms with Crippen LogP contribution in [-0.2, 0) is 4.79 Å². The number of phenols is 1. The number of phenolic OH excluding ortho intramolecular Hbond substituents is 1. The molecule has 0 saturated heterocycles. The van der Waals surface area contributed by atoms with Crippen LogP contribution in [0.3, 0.4) is 0 Å². The van der Waals surface area contributed by atoms with Gasteiger partial charge in [0.2, 0.25) is 5.91 Å². The molecule has 0 aliphatic heterocycles. The normalized spacial score (nSPS) is 12.2. The Kier molecular flexibility index (Phi) is 5.50. The molecular weight excluding hydrogens is 248 g/mol. The minimum atomic E-state index is -0.494. The number of carbonyl (C=O) groups is 1. The van der Waals surface area contributed by atoms with Gasteiger partial charge in [-0.3, -0.25) is 4.79 Å². The number of hydrogen-bond acceptors (Lipinski definition) is 4. The van der Waals surface area contributed by atoms with Gasteiger partial charge in [0.15, 0.2) is 0 Å². The third-order valence-electron chi connectivity index (χ3n) is 2.77. The minimum absolute atomic E-state index is 0.183. The van der Waals surface area contributed by atoms with Crippen molar-refractivity contribution in [2.45, 2.75) is 26.3 Å². The van der Waals surface area contributed by atoms with Crippen LogP contribution in [0, 0.1) is 13.8 Å². The van der Waals surface area contributed by atoms with Gasteiger partial charge in [-0.1, -0.05) is 0 Å². The second kappa shape index (κ2) is 6.66. The van der Waals surface area contributed by atoms with Gasteiger partial charge in [-0.15, -0.1) is 0 Å². The number of aryl methyl sites for hydroxylation is 2. The maximum absolute atomic E-state index is 11.9. The fourth-order valence-corrected chi connectivity index (χ4v) is 2.03. The average molecular weight is 268 g/mol. The summed E-state index contributed by atoms with van der Waals surface area (Å²) in [7, 11) is 0. The summed E-state index contributed by atoms with van der Waals surface area (Å²) in [6, 6.07) is 2.90. The standard InChI is InChI=1S/C13H20N2O2S/c1-8-7-12(16)9(2)6-11(8)15-13(17)10(14)4-5-18-3/h6-7,10,16H,4-5,14H2,1-3H3,(H,15,17)/t10-/m0/s1. The summed E-state index contributed by atoms with van der Waals surface area (Å²) in [5, 5.41) is 12.3. The van der Waals surface area contributed by atoms with E-state index in [1.807, 2.05) is 13.2 Å². The first-order chi connectivity index (χ1) is 8.45. The Hall–Kier alpha value is -1.20. The summed E-state index contributed by atoms with van der Waals surface area (Å²) in [4.78, 5) is 11.9. The summed E-state index contributed by atoms with van der Waals surface area (Å²) in [6.45, 7) is 3.63. The topological polar surface area (TPSA) is 75.4 Å². The fourth-order valence-electron chi connectivity index (χ4n) is 1.54. The predicted octanol–water partition coefficient (Wildman–Crippen LogP) is 2.03. The highest BCUT2D eigenvalue weighted by Crippen LogP contribution is 2.25. The highest BCUT2D eigenvalue weighted by molar-refractivity contribution is 7.98. The van der Waals surface area contributed by atoms with Crippen LogP contribution < -0.4 is 11.1 Å².